The molecule has 16 heavy (non-hydrogen) atoms. The third kappa shape index (κ3) is 2.38. The molecule has 1 aliphatic heterocycles. The van der Waals surface area contributed by atoms with Crippen molar-refractivity contribution < 1.29 is 18.3 Å². The number of rotatable bonds is 4. The zero-order chi connectivity index (χ0) is 11.9. The fourth-order valence-electron chi connectivity index (χ4n) is 2.16. The van der Waals surface area contributed by atoms with Gasteiger partial charge >= 0.3 is 5.97 Å². The zero-order valence-corrected chi connectivity index (χ0v) is 10.1. The summed E-state index contributed by atoms with van der Waals surface area (Å²) in [5.41, 5.74) is 0. The van der Waals surface area contributed by atoms with Crippen LogP contribution >= 0.6 is 0 Å². The Morgan fingerprint density at radius 3 is 2.44 bits per heavy atom. The standard InChI is InChI=1S/C10H17NO4S/c1-7-4-11(5-9(7)10(12)13)16(14,15)6-8-2-3-8/h7-9H,2-6H2,1H3,(H,12,13)/t7-,9-/m1/s1. The molecule has 2 fully saturated rings. The number of sulfonamides is 1. The van der Waals surface area contributed by atoms with Crippen LogP contribution in [0.3, 0.4) is 0 Å². The SMILES string of the molecule is C[C@@H]1CN(S(=O)(=O)CC2CC2)C[C@H]1C(=O)O. The van der Waals surface area contributed by atoms with Crippen molar-refractivity contribution in [2.75, 3.05) is 18.8 Å². The van der Waals surface area contributed by atoms with Gasteiger partial charge in [-0.05, 0) is 24.7 Å². The highest BCUT2D eigenvalue weighted by Crippen LogP contribution is 2.33. The average Bonchev–Trinajstić information content (AvgIpc) is 2.84. The predicted molar refractivity (Wildman–Crippen MR) is 58.4 cm³/mol. The monoisotopic (exact) mass is 247 g/mol. The van der Waals surface area contributed by atoms with Gasteiger partial charge in [0.15, 0.2) is 0 Å². The van der Waals surface area contributed by atoms with Gasteiger partial charge in [-0.3, -0.25) is 4.79 Å². The Kier molecular flexibility index (Phi) is 2.96. The van der Waals surface area contributed by atoms with Gasteiger partial charge in [-0.1, -0.05) is 6.92 Å². The Morgan fingerprint density at radius 2 is 2.00 bits per heavy atom. The molecule has 92 valence electrons. The third-order valence-corrected chi connectivity index (χ3v) is 5.41. The summed E-state index contributed by atoms with van der Waals surface area (Å²) in [6.45, 7) is 2.29. The van der Waals surface area contributed by atoms with Gasteiger partial charge in [-0.15, -0.1) is 0 Å². The molecule has 2 rings (SSSR count). The lowest BCUT2D eigenvalue weighted by Gasteiger charge is -2.15. The Balaban J connectivity index is 2.03. The lowest BCUT2D eigenvalue weighted by Crippen LogP contribution is -2.32. The van der Waals surface area contributed by atoms with Crippen molar-refractivity contribution in [1.29, 1.82) is 0 Å². The van der Waals surface area contributed by atoms with Crippen LogP contribution in [-0.2, 0) is 14.8 Å². The van der Waals surface area contributed by atoms with E-state index in [9.17, 15) is 13.2 Å². The summed E-state index contributed by atoms with van der Waals surface area (Å²) in [4.78, 5) is 10.9. The largest absolute Gasteiger partial charge is 0.481 e. The molecule has 1 heterocycles. The van der Waals surface area contributed by atoms with E-state index in [0.717, 1.165) is 12.8 Å². The first-order chi connectivity index (χ1) is 7.40. The normalized spacial score (nSPS) is 31.8. The summed E-state index contributed by atoms with van der Waals surface area (Å²) in [5, 5.41) is 8.94. The van der Waals surface area contributed by atoms with Crippen LogP contribution in [0.15, 0.2) is 0 Å². The third-order valence-electron chi connectivity index (χ3n) is 3.43. The van der Waals surface area contributed by atoms with Crippen LogP contribution in [0.2, 0.25) is 0 Å². The van der Waals surface area contributed by atoms with E-state index in [1.807, 2.05) is 0 Å². The van der Waals surface area contributed by atoms with Crippen LogP contribution in [0.5, 0.6) is 0 Å². The molecule has 1 aliphatic carbocycles. The minimum absolute atomic E-state index is 0.0912. The molecular formula is C10H17NO4S. The van der Waals surface area contributed by atoms with E-state index < -0.39 is 21.9 Å². The first-order valence-corrected chi connectivity index (χ1v) is 7.21. The molecule has 1 saturated carbocycles. The van der Waals surface area contributed by atoms with E-state index in [1.165, 1.54) is 4.31 Å². The Bertz CT molecular complexity index is 388. The molecule has 0 aromatic carbocycles. The first kappa shape index (κ1) is 11.9. The maximum atomic E-state index is 11.9. The molecular weight excluding hydrogens is 230 g/mol. The highest BCUT2D eigenvalue weighted by atomic mass is 32.2. The van der Waals surface area contributed by atoms with Crippen molar-refractivity contribution in [1.82, 2.24) is 4.31 Å². The second-order valence-electron chi connectivity index (χ2n) is 4.96. The molecule has 0 bridgehead atoms. The number of hydrogen-bond donors (Lipinski definition) is 1. The lowest BCUT2D eigenvalue weighted by atomic mass is 9.99. The van der Waals surface area contributed by atoms with Gasteiger partial charge in [0.05, 0.1) is 11.7 Å². The van der Waals surface area contributed by atoms with Crippen LogP contribution in [0.25, 0.3) is 0 Å². The van der Waals surface area contributed by atoms with Gasteiger partial charge in [-0.25, -0.2) is 12.7 Å². The van der Waals surface area contributed by atoms with Gasteiger partial charge in [0.25, 0.3) is 0 Å². The Morgan fingerprint density at radius 1 is 1.38 bits per heavy atom. The first-order valence-electron chi connectivity index (χ1n) is 5.61. The maximum absolute atomic E-state index is 11.9. The summed E-state index contributed by atoms with van der Waals surface area (Å²) in [6.07, 6.45) is 1.98. The number of hydrogen-bond acceptors (Lipinski definition) is 3. The molecule has 2 aliphatic rings. The highest BCUT2D eigenvalue weighted by Gasteiger charge is 2.41. The van der Waals surface area contributed by atoms with Gasteiger partial charge in [0, 0.05) is 13.1 Å². The van der Waals surface area contributed by atoms with Crippen molar-refractivity contribution in [2.24, 2.45) is 17.8 Å². The summed E-state index contributed by atoms with van der Waals surface area (Å²) in [5.74, 6) is -1.02. The van der Waals surface area contributed by atoms with Crippen LogP contribution in [0.1, 0.15) is 19.8 Å². The number of aliphatic carboxylic acids is 1. The minimum atomic E-state index is -3.23. The van der Waals surface area contributed by atoms with Crippen molar-refractivity contribution in [3.63, 3.8) is 0 Å². The van der Waals surface area contributed by atoms with Gasteiger partial charge in [-0.2, -0.15) is 0 Å². The van der Waals surface area contributed by atoms with Crippen LogP contribution in [0.4, 0.5) is 0 Å². The molecule has 6 heteroatoms. The number of carboxylic acid groups (broad SMARTS) is 1. The molecule has 0 unspecified atom stereocenters. The van der Waals surface area contributed by atoms with Crippen molar-refractivity contribution >= 4 is 16.0 Å². The van der Waals surface area contributed by atoms with Gasteiger partial charge < -0.3 is 5.11 Å². The fourth-order valence-corrected chi connectivity index (χ4v) is 4.15. The molecule has 0 amide bonds. The van der Waals surface area contributed by atoms with Crippen molar-refractivity contribution in [3.05, 3.63) is 0 Å². The summed E-state index contributed by atoms with van der Waals surface area (Å²) in [6, 6.07) is 0. The summed E-state index contributed by atoms with van der Waals surface area (Å²) in [7, 11) is -3.23. The van der Waals surface area contributed by atoms with E-state index in [2.05, 4.69) is 0 Å². The number of nitrogens with zero attached hydrogens (tertiary/aromatic N) is 1. The average molecular weight is 247 g/mol. The Labute approximate surface area is 95.5 Å². The second-order valence-corrected chi connectivity index (χ2v) is 6.97. The molecule has 5 nitrogen and oxygen atoms in total. The van der Waals surface area contributed by atoms with Crippen LogP contribution < -0.4 is 0 Å². The molecule has 0 radical (unpaired) electrons. The molecule has 1 saturated heterocycles. The second kappa shape index (κ2) is 4.00. The smallest absolute Gasteiger partial charge is 0.308 e. The number of carbonyl (C=O) groups is 1. The molecule has 2 atom stereocenters. The predicted octanol–water partition coefficient (Wildman–Crippen LogP) is 0.379. The van der Waals surface area contributed by atoms with E-state index in [1.54, 1.807) is 6.92 Å². The fraction of sp³-hybridized carbons (Fsp3) is 0.900. The van der Waals surface area contributed by atoms with E-state index in [-0.39, 0.29) is 18.2 Å². The molecule has 0 spiro atoms. The van der Waals surface area contributed by atoms with E-state index >= 15 is 0 Å². The quantitative estimate of drug-likeness (QED) is 0.779. The molecule has 0 aromatic rings. The van der Waals surface area contributed by atoms with E-state index in [0.29, 0.717) is 12.5 Å². The van der Waals surface area contributed by atoms with Crippen LogP contribution in [-0.4, -0.2) is 42.6 Å². The van der Waals surface area contributed by atoms with Crippen molar-refractivity contribution in [2.45, 2.75) is 19.8 Å². The molecule has 1 N–H and O–H groups in total. The highest BCUT2D eigenvalue weighted by molar-refractivity contribution is 7.89. The van der Waals surface area contributed by atoms with E-state index in [4.69, 9.17) is 5.11 Å². The molecule has 0 aromatic heterocycles. The van der Waals surface area contributed by atoms with Gasteiger partial charge in [0.2, 0.25) is 10.0 Å². The summed E-state index contributed by atoms with van der Waals surface area (Å²) < 4.78 is 25.2. The van der Waals surface area contributed by atoms with Crippen molar-refractivity contribution in [3.8, 4) is 0 Å². The minimum Gasteiger partial charge on any atom is -0.481 e. The van der Waals surface area contributed by atoms with Gasteiger partial charge in [0.1, 0.15) is 0 Å². The Hall–Kier alpha value is -0.620. The van der Waals surface area contributed by atoms with Crippen LogP contribution in [0, 0.1) is 17.8 Å². The number of carboxylic acids is 1. The maximum Gasteiger partial charge on any atom is 0.308 e. The zero-order valence-electron chi connectivity index (χ0n) is 9.30. The lowest BCUT2D eigenvalue weighted by molar-refractivity contribution is -0.142. The topological polar surface area (TPSA) is 74.7 Å². The summed E-state index contributed by atoms with van der Waals surface area (Å²) >= 11 is 0.